The van der Waals surface area contributed by atoms with E-state index in [2.05, 4.69) is 115 Å². The number of rotatable bonds is 4. The van der Waals surface area contributed by atoms with E-state index in [-0.39, 0.29) is 0 Å². The Morgan fingerprint density at radius 3 is 1.16 bits per heavy atom. The fraction of sp³-hybridized carbons (Fsp3) is 0. The third-order valence-electron chi connectivity index (χ3n) is 4.26. The number of benzene rings is 4. The minimum atomic E-state index is -0.527. The Bertz CT molecular complexity index is 874. The summed E-state index contributed by atoms with van der Waals surface area (Å²) < 4.78 is 0. The number of hydrogen-bond acceptors (Lipinski definition) is 0. The molecule has 0 saturated carbocycles. The predicted molar refractivity (Wildman–Crippen MR) is 111 cm³/mol. The summed E-state index contributed by atoms with van der Waals surface area (Å²) in [7, 11) is -0.527. The van der Waals surface area contributed by atoms with Crippen molar-refractivity contribution in [1.82, 2.24) is 0 Å². The van der Waals surface area contributed by atoms with Crippen molar-refractivity contribution in [1.29, 1.82) is 0 Å². The molecule has 0 atom stereocenters. The molecule has 0 aliphatic heterocycles. The monoisotopic (exact) mass is 338 g/mol. The van der Waals surface area contributed by atoms with E-state index in [0.29, 0.717) is 0 Å². The van der Waals surface area contributed by atoms with Crippen LogP contribution in [0.1, 0.15) is 0 Å². The van der Waals surface area contributed by atoms with E-state index in [1.165, 1.54) is 27.0 Å². The summed E-state index contributed by atoms with van der Waals surface area (Å²) in [6.07, 6.45) is 0. The molecule has 0 heterocycles. The van der Waals surface area contributed by atoms with Gasteiger partial charge in [0.1, 0.15) is 0 Å². The highest BCUT2D eigenvalue weighted by Crippen LogP contribution is 2.33. The van der Waals surface area contributed by atoms with Crippen molar-refractivity contribution in [3.8, 4) is 11.1 Å². The molecule has 0 fully saturated rings. The topological polar surface area (TPSA) is 0 Å². The summed E-state index contributed by atoms with van der Waals surface area (Å²) in [6, 6.07) is 41.3. The molecule has 0 aromatic heterocycles. The molecule has 0 radical (unpaired) electrons. The van der Waals surface area contributed by atoms with Gasteiger partial charge in [0.15, 0.2) is 0 Å². The second-order valence-corrected chi connectivity index (χ2v) is 8.14. The van der Waals surface area contributed by atoms with Crippen molar-refractivity contribution < 1.29 is 0 Å². The van der Waals surface area contributed by atoms with Crippen LogP contribution in [0.15, 0.2) is 115 Å². The van der Waals surface area contributed by atoms with Gasteiger partial charge in [0, 0.05) is 0 Å². The van der Waals surface area contributed by atoms with E-state index in [1.807, 2.05) is 0 Å². The Kier molecular flexibility index (Phi) is 4.72. The lowest BCUT2D eigenvalue weighted by Crippen LogP contribution is -2.20. The van der Waals surface area contributed by atoms with E-state index in [1.54, 1.807) is 0 Å². The molecule has 0 saturated heterocycles. The first-order valence-electron chi connectivity index (χ1n) is 8.47. The second kappa shape index (κ2) is 7.47. The van der Waals surface area contributed by atoms with E-state index >= 15 is 0 Å². The summed E-state index contributed by atoms with van der Waals surface area (Å²) >= 11 is 0. The van der Waals surface area contributed by atoms with Crippen LogP contribution in [0.25, 0.3) is 11.1 Å². The first kappa shape index (κ1) is 15.8. The van der Waals surface area contributed by atoms with Crippen LogP contribution >= 0.6 is 7.92 Å². The van der Waals surface area contributed by atoms with Crippen molar-refractivity contribution >= 4 is 23.8 Å². The van der Waals surface area contributed by atoms with Gasteiger partial charge in [-0.25, -0.2) is 0 Å². The summed E-state index contributed by atoms with van der Waals surface area (Å²) in [4.78, 5) is 0. The summed E-state index contributed by atoms with van der Waals surface area (Å²) in [6.45, 7) is 0. The highest BCUT2D eigenvalue weighted by Gasteiger charge is 2.15. The SMILES string of the molecule is c1ccc(-c2ccc(P(c3ccccc3)c3ccccc3)cc2)cc1. The maximum Gasteiger partial charge on any atom is -0.0134 e. The number of hydrogen-bond donors (Lipinski definition) is 0. The maximum atomic E-state index is 2.29. The molecule has 0 N–H and O–H groups in total. The van der Waals surface area contributed by atoms with E-state index < -0.39 is 7.92 Å². The normalized spacial score (nSPS) is 10.8. The van der Waals surface area contributed by atoms with Crippen molar-refractivity contribution in [2.75, 3.05) is 0 Å². The highest BCUT2D eigenvalue weighted by atomic mass is 31.1. The molecular weight excluding hydrogens is 319 g/mol. The van der Waals surface area contributed by atoms with Gasteiger partial charge in [-0.15, -0.1) is 0 Å². The lowest BCUT2D eigenvalue weighted by molar-refractivity contribution is 1.64. The zero-order chi connectivity index (χ0) is 16.9. The summed E-state index contributed by atoms with van der Waals surface area (Å²) in [5.74, 6) is 0. The van der Waals surface area contributed by atoms with Crippen LogP contribution in [0.5, 0.6) is 0 Å². The summed E-state index contributed by atoms with van der Waals surface area (Å²) in [5, 5.41) is 4.15. The zero-order valence-corrected chi connectivity index (χ0v) is 14.8. The smallest absolute Gasteiger partial charge is 0.0134 e. The Labute approximate surface area is 150 Å². The van der Waals surface area contributed by atoms with Gasteiger partial charge in [-0.2, -0.15) is 0 Å². The minimum Gasteiger partial charge on any atom is -0.0622 e. The Morgan fingerprint density at radius 2 is 0.680 bits per heavy atom. The Hall–Kier alpha value is -2.69. The van der Waals surface area contributed by atoms with Crippen LogP contribution in [0.2, 0.25) is 0 Å². The van der Waals surface area contributed by atoms with Gasteiger partial charge in [0.2, 0.25) is 0 Å². The Balaban J connectivity index is 1.75. The van der Waals surface area contributed by atoms with Gasteiger partial charge in [0.25, 0.3) is 0 Å². The van der Waals surface area contributed by atoms with Crippen molar-refractivity contribution in [3.05, 3.63) is 115 Å². The Morgan fingerprint density at radius 1 is 0.320 bits per heavy atom. The van der Waals surface area contributed by atoms with Crippen LogP contribution in [0, 0.1) is 0 Å². The molecule has 1 heteroatoms. The molecule has 120 valence electrons. The molecule has 0 spiro atoms. The minimum absolute atomic E-state index is 0.527. The first-order chi connectivity index (χ1) is 12.4. The second-order valence-electron chi connectivity index (χ2n) is 5.92. The van der Waals surface area contributed by atoms with Gasteiger partial charge in [-0.1, -0.05) is 115 Å². The van der Waals surface area contributed by atoms with E-state index in [9.17, 15) is 0 Å². The van der Waals surface area contributed by atoms with Crippen molar-refractivity contribution in [2.24, 2.45) is 0 Å². The lowest BCUT2D eigenvalue weighted by Gasteiger charge is -2.19. The molecule has 0 nitrogen and oxygen atoms in total. The highest BCUT2D eigenvalue weighted by molar-refractivity contribution is 7.79. The van der Waals surface area contributed by atoms with Gasteiger partial charge in [-0.05, 0) is 35.0 Å². The zero-order valence-electron chi connectivity index (χ0n) is 13.9. The van der Waals surface area contributed by atoms with Crippen LogP contribution < -0.4 is 15.9 Å². The van der Waals surface area contributed by atoms with Crippen LogP contribution in [0.3, 0.4) is 0 Å². The average molecular weight is 338 g/mol. The first-order valence-corrected chi connectivity index (χ1v) is 9.82. The molecule has 4 rings (SSSR count). The fourth-order valence-corrected chi connectivity index (χ4v) is 5.32. The standard InChI is InChI=1S/C24H19P/c1-4-10-20(11-5-1)21-16-18-24(19-17-21)25(22-12-6-2-7-13-22)23-14-8-3-9-15-23/h1-19H. The van der Waals surface area contributed by atoms with Crippen molar-refractivity contribution in [3.63, 3.8) is 0 Å². The molecule has 0 unspecified atom stereocenters. The van der Waals surface area contributed by atoms with E-state index in [4.69, 9.17) is 0 Å². The third kappa shape index (κ3) is 3.55. The lowest BCUT2D eigenvalue weighted by atomic mass is 10.1. The molecule has 25 heavy (non-hydrogen) atoms. The summed E-state index contributed by atoms with van der Waals surface area (Å²) in [5.41, 5.74) is 2.53. The fourth-order valence-electron chi connectivity index (χ4n) is 3.03. The quantitative estimate of drug-likeness (QED) is 0.454. The maximum absolute atomic E-state index is 2.29. The van der Waals surface area contributed by atoms with Gasteiger partial charge < -0.3 is 0 Å². The molecule has 4 aromatic carbocycles. The molecular formula is C24H19P. The molecule has 0 aliphatic carbocycles. The van der Waals surface area contributed by atoms with Gasteiger partial charge >= 0.3 is 0 Å². The molecule has 4 aromatic rings. The predicted octanol–water partition coefficient (Wildman–Crippen LogP) is 5.11. The molecule has 0 bridgehead atoms. The average Bonchev–Trinajstić information content (AvgIpc) is 2.71. The van der Waals surface area contributed by atoms with Crippen molar-refractivity contribution in [2.45, 2.75) is 0 Å². The third-order valence-corrected chi connectivity index (χ3v) is 6.71. The van der Waals surface area contributed by atoms with Crippen LogP contribution in [0.4, 0.5) is 0 Å². The van der Waals surface area contributed by atoms with E-state index in [0.717, 1.165) is 0 Å². The van der Waals surface area contributed by atoms with Crippen LogP contribution in [-0.2, 0) is 0 Å². The van der Waals surface area contributed by atoms with Crippen LogP contribution in [-0.4, -0.2) is 0 Å². The van der Waals surface area contributed by atoms with Gasteiger partial charge in [0.05, 0.1) is 0 Å². The molecule has 0 aliphatic rings. The molecule has 0 amide bonds. The largest absolute Gasteiger partial charge is 0.0622 e. The van der Waals surface area contributed by atoms with Gasteiger partial charge in [-0.3, -0.25) is 0 Å².